The van der Waals surface area contributed by atoms with Crippen molar-refractivity contribution in [2.45, 2.75) is 0 Å². The van der Waals surface area contributed by atoms with Crippen molar-refractivity contribution in [1.82, 2.24) is 0 Å². The van der Waals surface area contributed by atoms with Crippen LogP contribution in [0.25, 0.3) is 0 Å². The SMILES string of the molecule is O=NC(=O)c1ccc2c(c1)NCCN2. The smallest absolute Gasteiger partial charge is 0.316 e. The lowest BCUT2D eigenvalue weighted by molar-refractivity contribution is 0.100. The number of nitrogens with zero attached hydrogens (tertiary/aromatic N) is 1. The van der Waals surface area contributed by atoms with Gasteiger partial charge >= 0.3 is 5.91 Å². The number of amides is 1. The normalized spacial score (nSPS) is 13.4. The number of carbonyl (C=O) groups excluding carboxylic acids is 1. The summed E-state index contributed by atoms with van der Waals surface area (Å²) in [5.41, 5.74) is 2.10. The van der Waals surface area contributed by atoms with Gasteiger partial charge in [0.25, 0.3) is 0 Å². The average molecular weight is 191 g/mol. The summed E-state index contributed by atoms with van der Waals surface area (Å²) in [5, 5.41) is 8.66. The van der Waals surface area contributed by atoms with Crippen molar-refractivity contribution in [3.05, 3.63) is 28.7 Å². The van der Waals surface area contributed by atoms with Crippen LogP contribution in [0.5, 0.6) is 0 Å². The van der Waals surface area contributed by atoms with Crippen LogP contribution in [0, 0.1) is 4.91 Å². The van der Waals surface area contributed by atoms with Crippen molar-refractivity contribution >= 4 is 17.3 Å². The highest BCUT2D eigenvalue weighted by Crippen LogP contribution is 2.25. The second-order valence-electron chi connectivity index (χ2n) is 3.01. The molecule has 0 fully saturated rings. The molecule has 0 radical (unpaired) electrons. The average Bonchev–Trinajstić information content (AvgIpc) is 2.27. The Kier molecular flexibility index (Phi) is 2.14. The second kappa shape index (κ2) is 3.45. The number of hydrogen-bond donors (Lipinski definition) is 2. The predicted octanol–water partition coefficient (Wildman–Crippen LogP) is 1.43. The van der Waals surface area contributed by atoms with E-state index in [0.29, 0.717) is 5.56 Å². The lowest BCUT2D eigenvalue weighted by Crippen LogP contribution is -2.20. The first-order valence-corrected chi connectivity index (χ1v) is 4.31. The first-order chi connectivity index (χ1) is 6.81. The van der Waals surface area contributed by atoms with E-state index in [1.54, 1.807) is 18.2 Å². The van der Waals surface area contributed by atoms with Crippen molar-refractivity contribution in [3.63, 3.8) is 0 Å². The van der Waals surface area contributed by atoms with Gasteiger partial charge in [-0.2, -0.15) is 0 Å². The van der Waals surface area contributed by atoms with E-state index in [0.717, 1.165) is 24.5 Å². The van der Waals surface area contributed by atoms with Crippen LogP contribution in [0.4, 0.5) is 11.4 Å². The van der Waals surface area contributed by atoms with Crippen molar-refractivity contribution < 1.29 is 4.79 Å². The number of nitrogens with one attached hydrogen (secondary N) is 2. The lowest BCUT2D eigenvalue weighted by atomic mass is 10.1. The highest BCUT2D eigenvalue weighted by atomic mass is 16.3. The molecule has 0 bridgehead atoms. The monoisotopic (exact) mass is 191 g/mol. The molecule has 1 amide bonds. The van der Waals surface area contributed by atoms with E-state index >= 15 is 0 Å². The van der Waals surface area contributed by atoms with Gasteiger partial charge in [-0.25, -0.2) is 0 Å². The van der Waals surface area contributed by atoms with Gasteiger partial charge in [-0.15, -0.1) is 4.91 Å². The Hall–Kier alpha value is -1.91. The molecule has 1 heterocycles. The maximum atomic E-state index is 11.0. The fourth-order valence-electron chi connectivity index (χ4n) is 1.42. The zero-order chi connectivity index (χ0) is 9.97. The van der Waals surface area contributed by atoms with Gasteiger partial charge in [-0.05, 0) is 18.2 Å². The van der Waals surface area contributed by atoms with E-state index in [-0.39, 0.29) is 0 Å². The minimum atomic E-state index is -0.736. The molecule has 1 aromatic rings. The van der Waals surface area contributed by atoms with Crippen LogP contribution in [-0.4, -0.2) is 19.0 Å². The molecule has 0 atom stereocenters. The lowest BCUT2D eigenvalue weighted by Gasteiger charge is -2.19. The highest BCUT2D eigenvalue weighted by molar-refractivity contribution is 5.96. The summed E-state index contributed by atoms with van der Waals surface area (Å²) in [4.78, 5) is 21.0. The largest absolute Gasteiger partial charge is 0.382 e. The minimum absolute atomic E-state index is 0.315. The minimum Gasteiger partial charge on any atom is -0.382 e. The highest BCUT2D eigenvalue weighted by Gasteiger charge is 2.11. The fourth-order valence-corrected chi connectivity index (χ4v) is 1.42. The van der Waals surface area contributed by atoms with Crippen molar-refractivity contribution in [1.29, 1.82) is 0 Å². The number of anilines is 2. The summed E-state index contributed by atoms with van der Waals surface area (Å²) in [5.74, 6) is -0.736. The van der Waals surface area contributed by atoms with E-state index in [1.165, 1.54) is 0 Å². The Morgan fingerprint density at radius 3 is 2.64 bits per heavy atom. The molecule has 2 N–H and O–H groups in total. The molecule has 1 aliphatic heterocycles. The quantitative estimate of drug-likeness (QED) is 0.659. The van der Waals surface area contributed by atoms with Crippen LogP contribution in [0.15, 0.2) is 23.4 Å². The van der Waals surface area contributed by atoms with Gasteiger partial charge in [0, 0.05) is 23.8 Å². The number of rotatable bonds is 1. The molecule has 1 aliphatic rings. The van der Waals surface area contributed by atoms with E-state index < -0.39 is 5.91 Å². The van der Waals surface area contributed by atoms with E-state index in [4.69, 9.17) is 0 Å². The molecule has 0 aliphatic carbocycles. The third-order valence-electron chi connectivity index (χ3n) is 2.11. The van der Waals surface area contributed by atoms with Crippen LogP contribution >= 0.6 is 0 Å². The summed E-state index contributed by atoms with van der Waals surface area (Å²) >= 11 is 0. The Bertz CT molecular complexity index is 390. The molecule has 2 rings (SSSR count). The number of hydrogen-bond acceptors (Lipinski definition) is 4. The molecule has 0 saturated heterocycles. The maximum absolute atomic E-state index is 11.0. The van der Waals surface area contributed by atoms with Crippen LogP contribution in [0.3, 0.4) is 0 Å². The van der Waals surface area contributed by atoms with Crippen molar-refractivity contribution in [2.75, 3.05) is 23.7 Å². The number of fused-ring (bicyclic) bond motifs is 1. The molecule has 5 nitrogen and oxygen atoms in total. The number of benzene rings is 1. The van der Waals surface area contributed by atoms with Gasteiger partial charge in [0.2, 0.25) is 0 Å². The summed E-state index contributed by atoms with van der Waals surface area (Å²) in [6.45, 7) is 1.66. The third kappa shape index (κ3) is 1.44. The first kappa shape index (κ1) is 8.68. The second-order valence-corrected chi connectivity index (χ2v) is 3.01. The van der Waals surface area contributed by atoms with Crippen LogP contribution in [0.2, 0.25) is 0 Å². The molecule has 0 unspecified atom stereocenters. The Morgan fingerprint density at radius 1 is 1.21 bits per heavy atom. The van der Waals surface area contributed by atoms with Crippen molar-refractivity contribution in [2.24, 2.45) is 5.18 Å². The van der Waals surface area contributed by atoms with Gasteiger partial charge in [0.05, 0.1) is 11.4 Å². The molecule has 0 saturated carbocycles. The first-order valence-electron chi connectivity index (χ1n) is 4.31. The molecule has 72 valence electrons. The molecule has 14 heavy (non-hydrogen) atoms. The summed E-state index contributed by atoms with van der Waals surface area (Å²) in [6.07, 6.45) is 0. The van der Waals surface area contributed by atoms with E-state index in [9.17, 15) is 9.70 Å². The predicted molar refractivity (Wildman–Crippen MR) is 53.5 cm³/mol. The summed E-state index contributed by atoms with van der Waals surface area (Å²) in [7, 11) is 0. The Balaban J connectivity index is 2.38. The molecule has 5 heteroatoms. The zero-order valence-electron chi connectivity index (χ0n) is 7.41. The van der Waals surface area contributed by atoms with Crippen LogP contribution in [0.1, 0.15) is 10.4 Å². The molecular formula is C9H9N3O2. The number of carbonyl (C=O) groups is 1. The Morgan fingerprint density at radius 2 is 1.93 bits per heavy atom. The van der Waals surface area contributed by atoms with Gasteiger partial charge in [-0.1, -0.05) is 0 Å². The number of nitroso groups, excluding NO2 is 1. The molecule has 1 aromatic carbocycles. The third-order valence-corrected chi connectivity index (χ3v) is 2.11. The molecule has 0 aromatic heterocycles. The van der Waals surface area contributed by atoms with Gasteiger partial charge in [0.15, 0.2) is 0 Å². The fraction of sp³-hybridized carbons (Fsp3) is 0.222. The standard InChI is InChI=1S/C9H9N3O2/c13-9(12-14)6-1-2-7-8(5-6)11-4-3-10-7/h1-2,5,10-11H,3-4H2. The molecule has 0 spiro atoms. The van der Waals surface area contributed by atoms with Crippen LogP contribution < -0.4 is 10.6 Å². The van der Waals surface area contributed by atoms with Crippen LogP contribution in [-0.2, 0) is 0 Å². The zero-order valence-corrected chi connectivity index (χ0v) is 7.41. The summed E-state index contributed by atoms with van der Waals surface area (Å²) < 4.78 is 0. The van der Waals surface area contributed by atoms with Gasteiger partial charge < -0.3 is 10.6 Å². The van der Waals surface area contributed by atoms with E-state index in [1.807, 2.05) is 0 Å². The maximum Gasteiger partial charge on any atom is 0.316 e. The molecular weight excluding hydrogens is 182 g/mol. The summed E-state index contributed by atoms with van der Waals surface area (Å²) in [6, 6.07) is 4.98. The van der Waals surface area contributed by atoms with Gasteiger partial charge in [-0.3, -0.25) is 4.79 Å². The van der Waals surface area contributed by atoms with Gasteiger partial charge in [0.1, 0.15) is 0 Å². The van der Waals surface area contributed by atoms with Crippen molar-refractivity contribution in [3.8, 4) is 0 Å². The topological polar surface area (TPSA) is 70.6 Å². The Labute approximate surface area is 80.5 Å². The van der Waals surface area contributed by atoms with E-state index in [2.05, 4.69) is 15.8 Å².